The number of hydrogen-bond acceptors (Lipinski definition) is 2. The maximum atomic E-state index is 12.7. The Morgan fingerprint density at radius 2 is 2.05 bits per heavy atom. The van der Waals surface area contributed by atoms with Crippen LogP contribution in [0.2, 0.25) is 0 Å². The zero-order chi connectivity index (χ0) is 14.7. The Morgan fingerprint density at radius 1 is 1.32 bits per heavy atom. The van der Waals surface area contributed by atoms with Gasteiger partial charge in [-0.25, -0.2) is 0 Å². The number of rotatable bonds is 5. The molecular formula is C18H27ClN2O. The second-order valence-corrected chi connectivity index (χ2v) is 6.56. The van der Waals surface area contributed by atoms with Gasteiger partial charge < -0.3 is 10.2 Å². The predicted octanol–water partition coefficient (Wildman–Crippen LogP) is 2.89. The van der Waals surface area contributed by atoms with Crippen LogP contribution in [0.25, 0.3) is 0 Å². The SMILES string of the molecule is CC(C(=O)N1CCCC1CCc1ccccc1)C1CNC1.Cl. The van der Waals surface area contributed by atoms with Gasteiger partial charge in [-0.1, -0.05) is 37.3 Å². The maximum absolute atomic E-state index is 12.7. The summed E-state index contributed by atoms with van der Waals surface area (Å²) in [6.07, 6.45) is 4.52. The van der Waals surface area contributed by atoms with E-state index in [4.69, 9.17) is 0 Å². The minimum Gasteiger partial charge on any atom is -0.339 e. The molecule has 22 heavy (non-hydrogen) atoms. The molecule has 1 aromatic carbocycles. The van der Waals surface area contributed by atoms with Crippen LogP contribution in [0.5, 0.6) is 0 Å². The quantitative estimate of drug-likeness (QED) is 0.904. The largest absolute Gasteiger partial charge is 0.339 e. The molecule has 2 aliphatic heterocycles. The fraction of sp³-hybridized carbons (Fsp3) is 0.611. The highest BCUT2D eigenvalue weighted by Gasteiger charge is 2.36. The monoisotopic (exact) mass is 322 g/mol. The first-order valence-corrected chi connectivity index (χ1v) is 8.31. The average molecular weight is 323 g/mol. The van der Waals surface area contributed by atoms with Crippen LogP contribution in [-0.4, -0.2) is 36.5 Å². The van der Waals surface area contributed by atoms with Crippen molar-refractivity contribution >= 4 is 18.3 Å². The summed E-state index contributed by atoms with van der Waals surface area (Å²) >= 11 is 0. The van der Waals surface area contributed by atoms with Crippen molar-refractivity contribution < 1.29 is 4.79 Å². The Labute approximate surface area is 139 Å². The van der Waals surface area contributed by atoms with Gasteiger partial charge >= 0.3 is 0 Å². The Bertz CT molecular complexity index is 475. The van der Waals surface area contributed by atoms with Gasteiger partial charge in [0.2, 0.25) is 5.91 Å². The van der Waals surface area contributed by atoms with E-state index in [2.05, 4.69) is 47.5 Å². The van der Waals surface area contributed by atoms with Crippen molar-refractivity contribution in [2.75, 3.05) is 19.6 Å². The van der Waals surface area contributed by atoms with Crippen molar-refractivity contribution in [1.29, 1.82) is 0 Å². The third-order valence-corrected chi connectivity index (χ3v) is 5.18. The van der Waals surface area contributed by atoms with Crippen LogP contribution < -0.4 is 5.32 Å². The molecule has 2 aliphatic rings. The van der Waals surface area contributed by atoms with Crippen molar-refractivity contribution in [1.82, 2.24) is 10.2 Å². The van der Waals surface area contributed by atoms with Crippen LogP contribution in [0.4, 0.5) is 0 Å². The van der Waals surface area contributed by atoms with Crippen LogP contribution in [-0.2, 0) is 11.2 Å². The highest BCUT2D eigenvalue weighted by Crippen LogP contribution is 2.27. The maximum Gasteiger partial charge on any atom is 0.226 e. The van der Waals surface area contributed by atoms with Gasteiger partial charge in [-0.15, -0.1) is 12.4 Å². The first kappa shape index (κ1) is 17.3. The number of nitrogens with zero attached hydrogens (tertiary/aromatic N) is 1. The van der Waals surface area contributed by atoms with Crippen LogP contribution in [0.1, 0.15) is 31.7 Å². The molecule has 2 saturated heterocycles. The lowest BCUT2D eigenvalue weighted by atomic mass is 9.87. The Balaban J connectivity index is 0.00000176. The standard InChI is InChI=1S/C18H26N2O.ClH/c1-14(16-12-19-13-16)18(21)20-11-5-8-17(20)10-9-15-6-3-2-4-7-15;/h2-4,6-7,14,16-17,19H,5,8-13H2,1H3;1H. The van der Waals surface area contributed by atoms with E-state index in [1.807, 2.05) is 0 Å². The molecule has 0 radical (unpaired) electrons. The number of carbonyl (C=O) groups excluding carboxylic acids is 1. The van der Waals surface area contributed by atoms with Gasteiger partial charge in [0.1, 0.15) is 0 Å². The minimum absolute atomic E-state index is 0. The van der Waals surface area contributed by atoms with Crippen molar-refractivity contribution in [3.63, 3.8) is 0 Å². The minimum atomic E-state index is 0. The molecule has 0 spiro atoms. The van der Waals surface area contributed by atoms with Gasteiger partial charge in [-0.2, -0.15) is 0 Å². The van der Waals surface area contributed by atoms with E-state index < -0.39 is 0 Å². The highest BCUT2D eigenvalue weighted by molar-refractivity contribution is 5.85. The number of aryl methyl sites for hydroxylation is 1. The van der Waals surface area contributed by atoms with Gasteiger partial charge in [0, 0.05) is 18.5 Å². The molecule has 2 fully saturated rings. The van der Waals surface area contributed by atoms with Crippen molar-refractivity contribution in [3.8, 4) is 0 Å². The molecule has 0 bridgehead atoms. The summed E-state index contributed by atoms with van der Waals surface area (Å²) in [4.78, 5) is 14.9. The summed E-state index contributed by atoms with van der Waals surface area (Å²) in [6, 6.07) is 11.1. The van der Waals surface area contributed by atoms with E-state index in [9.17, 15) is 4.79 Å². The van der Waals surface area contributed by atoms with Crippen LogP contribution in [0.3, 0.4) is 0 Å². The molecule has 1 aromatic rings. The van der Waals surface area contributed by atoms with E-state index in [0.717, 1.165) is 32.5 Å². The first-order valence-electron chi connectivity index (χ1n) is 8.31. The Hall–Kier alpha value is -1.06. The molecule has 122 valence electrons. The van der Waals surface area contributed by atoms with E-state index in [1.165, 1.54) is 18.4 Å². The number of likely N-dealkylation sites (tertiary alicyclic amines) is 1. The van der Waals surface area contributed by atoms with E-state index >= 15 is 0 Å². The zero-order valence-electron chi connectivity index (χ0n) is 13.3. The number of halogens is 1. The normalized spacial score (nSPS) is 22.8. The number of benzene rings is 1. The van der Waals surface area contributed by atoms with Crippen molar-refractivity contribution in [2.45, 2.75) is 38.6 Å². The second kappa shape index (κ2) is 7.98. The molecule has 0 aromatic heterocycles. The molecule has 3 rings (SSSR count). The lowest BCUT2D eigenvalue weighted by Gasteiger charge is -2.35. The molecule has 2 atom stereocenters. The molecule has 4 heteroatoms. The summed E-state index contributed by atoms with van der Waals surface area (Å²) in [7, 11) is 0. The first-order chi connectivity index (χ1) is 10.3. The van der Waals surface area contributed by atoms with Gasteiger partial charge in [-0.05, 0) is 50.3 Å². The van der Waals surface area contributed by atoms with Crippen molar-refractivity contribution in [2.24, 2.45) is 11.8 Å². The summed E-state index contributed by atoms with van der Waals surface area (Å²) in [5, 5.41) is 3.27. The third kappa shape index (κ3) is 3.82. The van der Waals surface area contributed by atoms with Gasteiger partial charge in [0.05, 0.1) is 0 Å². The van der Waals surface area contributed by atoms with Crippen molar-refractivity contribution in [3.05, 3.63) is 35.9 Å². The molecule has 1 amide bonds. The smallest absolute Gasteiger partial charge is 0.226 e. The van der Waals surface area contributed by atoms with Crippen LogP contribution >= 0.6 is 12.4 Å². The molecular weight excluding hydrogens is 296 g/mol. The fourth-order valence-corrected chi connectivity index (χ4v) is 3.53. The molecule has 2 unspecified atom stereocenters. The second-order valence-electron chi connectivity index (χ2n) is 6.56. The number of amides is 1. The third-order valence-electron chi connectivity index (χ3n) is 5.18. The molecule has 1 N–H and O–H groups in total. The topological polar surface area (TPSA) is 32.3 Å². The van der Waals surface area contributed by atoms with Gasteiger partial charge in [-0.3, -0.25) is 4.79 Å². The van der Waals surface area contributed by atoms with Gasteiger partial charge in [0.25, 0.3) is 0 Å². The average Bonchev–Trinajstić information content (AvgIpc) is 2.92. The van der Waals surface area contributed by atoms with Crippen LogP contribution in [0, 0.1) is 11.8 Å². The zero-order valence-corrected chi connectivity index (χ0v) is 14.1. The summed E-state index contributed by atoms with van der Waals surface area (Å²) in [5.41, 5.74) is 1.38. The lowest BCUT2D eigenvalue weighted by molar-refractivity contribution is -0.138. The van der Waals surface area contributed by atoms with E-state index in [-0.39, 0.29) is 18.3 Å². The van der Waals surface area contributed by atoms with Crippen LogP contribution in [0.15, 0.2) is 30.3 Å². The number of carbonyl (C=O) groups is 1. The Morgan fingerprint density at radius 3 is 2.68 bits per heavy atom. The Kier molecular flexibility index (Phi) is 6.27. The number of hydrogen-bond donors (Lipinski definition) is 1. The van der Waals surface area contributed by atoms with E-state index in [1.54, 1.807) is 0 Å². The summed E-state index contributed by atoms with van der Waals surface area (Å²) in [6.45, 7) is 5.09. The predicted molar refractivity (Wildman–Crippen MR) is 92.3 cm³/mol. The van der Waals surface area contributed by atoms with E-state index in [0.29, 0.717) is 17.9 Å². The number of nitrogens with one attached hydrogen (secondary N) is 1. The highest BCUT2D eigenvalue weighted by atomic mass is 35.5. The summed E-state index contributed by atoms with van der Waals surface area (Å²) < 4.78 is 0. The fourth-order valence-electron chi connectivity index (χ4n) is 3.53. The molecule has 2 heterocycles. The van der Waals surface area contributed by atoms with Gasteiger partial charge in [0.15, 0.2) is 0 Å². The molecule has 0 saturated carbocycles. The molecule has 3 nitrogen and oxygen atoms in total. The lowest BCUT2D eigenvalue weighted by Crippen LogP contribution is -2.51. The molecule has 0 aliphatic carbocycles. The summed E-state index contributed by atoms with van der Waals surface area (Å²) in [5.74, 6) is 1.12.